The van der Waals surface area contributed by atoms with E-state index in [4.69, 9.17) is 4.74 Å². The fraction of sp³-hybridized carbons (Fsp3) is 0.258. The number of benzene rings is 3. The number of thioether (sulfide) groups is 1. The Morgan fingerprint density at radius 2 is 1.69 bits per heavy atom. The number of carbonyl (C=O) groups excluding carboxylic acids is 2. The van der Waals surface area contributed by atoms with E-state index in [0.29, 0.717) is 40.1 Å². The van der Waals surface area contributed by atoms with E-state index in [1.165, 1.54) is 17.1 Å². The van der Waals surface area contributed by atoms with Crippen LogP contribution in [0.5, 0.6) is 0 Å². The number of alkyl halides is 8. The molecule has 0 atom stereocenters. The van der Waals surface area contributed by atoms with Crippen LogP contribution in [0.4, 0.5) is 51.3 Å². The lowest BCUT2D eigenvalue weighted by Gasteiger charge is -2.21. The summed E-state index contributed by atoms with van der Waals surface area (Å²) in [6.07, 6.45) is -9.03. The van der Waals surface area contributed by atoms with Crippen LogP contribution in [0.3, 0.4) is 0 Å². The first-order valence-corrected chi connectivity index (χ1v) is 15.1. The van der Waals surface area contributed by atoms with Crippen molar-refractivity contribution >= 4 is 40.2 Å². The predicted octanol–water partition coefficient (Wildman–Crippen LogP) is 7.95. The number of aryl methyl sites for hydroxylation is 2. The van der Waals surface area contributed by atoms with Gasteiger partial charge in [-0.05, 0) is 61.4 Å². The summed E-state index contributed by atoms with van der Waals surface area (Å²) in [6, 6.07) is 12.1. The van der Waals surface area contributed by atoms with Gasteiger partial charge < -0.3 is 10.1 Å². The molecule has 2 heterocycles. The number of aliphatic imine (C=N–C) groups is 1. The van der Waals surface area contributed by atoms with Crippen LogP contribution in [-0.4, -0.2) is 56.6 Å². The molecule has 0 bridgehead atoms. The molecule has 1 saturated heterocycles. The Kier molecular flexibility index (Phi) is 9.83. The van der Waals surface area contributed by atoms with E-state index in [0.717, 1.165) is 28.8 Å². The van der Waals surface area contributed by atoms with Crippen LogP contribution in [0.25, 0.3) is 17.1 Å². The summed E-state index contributed by atoms with van der Waals surface area (Å²) in [4.78, 5) is 35.1. The Hall–Kier alpha value is -4.84. The largest absolute Gasteiger partial charge is 0.458 e. The summed E-state index contributed by atoms with van der Waals surface area (Å²) in [5.74, 6) is -5.31. The second-order valence-corrected chi connectivity index (χ2v) is 11.7. The van der Waals surface area contributed by atoms with Gasteiger partial charge in [0.15, 0.2) is 11.0 Å². The predicted molar refractivity (Wildman–Crippen MR) is 165 cm³/mol. The minimum Gasteiger partial charge on any atom is -0.367 e. The molecule has 1 N–H and O–H groups in total. The summed E-state index contributed by atoms with van der Waals surface area (Å²) in [6.45, 7) is 1.49. The number of nitrogens with one attached hydrogen (secondary N) is 1. The molecule has 3 aromatic carbocycles. The third kappa shape index (κ3) is 8.07. The Morgan fingerprint density at radius 1 is 0.980 bits per heavy atom. The molecule has 258 valence electrons. The lowest BCUT2D eigenvalue weighted by atomic mass is 10.1. The van der Waals surface area contributed by atoms with Crippen LogP contribution < -0.4 is 10.2 Å². The molecule has 0 aliphatic carbocycles. The number of anilines is 2. The Bertz CT molecular complexity index is 1910. The molecule has 0 spiro atoms. The van der Waals surface area contributed by atoms with Gasteiger partial charge in [0.05, 0.1) is 23.7 Å². The van der Waals surface area contributed by atoms with Gasteiger partial charge in [-0.15, -0.1) is 5.10 Å². The molecule has 18 heteroatoms. The number of hydrogen-bond donors (Lipinski definition) is 1. The number of urea groups is 1. The molecule has 0 saturated carbocycles. The molecule has 1 aliphatic rings. The molecule has 3 amide bonds. The molecule has 9 nitrogen and oxygen atoms in total. The highest BCUT2D eigenvalue weighted by molar-refractivity contribution is 8.15. The van der Waals surface area contributed by atoms with E-state index in [1.807, 2.05) is 0 Å². The molecule has 49 heavy (non-hydrogen) atoms. The second-order valence-electron chi connectivity index (χ2n) is 10.7. The molecule has 1 aliphatic heterocycles. The van der Waals surface area contributed by atoms with Gasteiger partial charge in [0.25, 0.3) is 0 Å². The van der Waals surface area contributed by atoms with Crippen molar-refractivity contribution < 1.29 is 49.4 Å². The van der Waals surface area contributed by atoms with Gasteiger partial charge in [-0.2, -0.15) is 40.1 Å². The van der Waals surface area contributed by atoms with Gasteiger partial charge in [0.1, 0.15) is 12.9 Å². The monoisotopic (exact) mass is 712 g/mol. The van der Waals surface area contributed by atoms with Crippen molar-refractivity contribution in [2.45, 2.75) is 38.7 Å². The maximum Gasteiger partial charge on any atom is 0.458 e. The van der Waals surface area contributed by atoms with Crippen LogP contribution in [-0.2, 0) is 22.1 Å². The van der Waals surface area contributed by atoms with Crippen LogP contribution in [0.15, 0.2) is 72.0 Å². The van der Waals surface area contributed by atoms with E-state index < -0.39 is 49.0 Å². The Balaban J connectivity index is 1.30. The van der Waals surface area contributed by atoms with E-state index in [-0.39, 0.29) is 28.1 Å². The zero-order chi connectivity index (χ0) is 35.7. The molecule has 0 radical (unpaired) electrons. The second kappa shape index (κ2) is 13.6. The Morgan fingerprint density at radius 3 is 2.35 bits per heavy atom. The molecule has 4 aromatic rings. The fourth-order valence-corrected chi connectivity index (χ4v) is 5.50. The van der Waals surface area contributed by atoms with Crippen molar-refractivity contribution in [3.8, 4) is 17.1 Å². The van der Waals surface area contributed by atoms with Gasteiger partial charge in [-0.25, -0.2) is 14.5 Å². The third-order valence-corrected chi connectivity index (χ3v) is 7.96. The minimum atomic E-state index is -5.74. The fourth-order valence-electron chi connectivity index (χ4n) is 4.64. The maximum atomic E-state index is 13.6. The van der Waals surface area contributed by atoms with Gasteiger partial charge in [0, 0.05) is 22.4 Å². The summed E-state index contributed by atoms with van der Waals surface area (Å²) < 4.78 is 109. The lowest BCUT2D eigenvalue weighted by Crippen LogP contribution is -2.33. The number of halogens is 8. The van der Waals surface area contributed by atoms with Crippen LogP contribution in [0.2, 0.25) is 0 Å². The number of aromatic nitrogens is 3. The highest BCUT2D eigenvalue weighted by Gasteiger charge is 2.58. The molecule has 0 unspecified atom stereocenters. The van der Waals surface area contributed by atoms with Crippen LogP contribution >= 0.6 is 11.8 Å². The molecular weight excluding hydrogens is 688 g/mol. The number of amidine groups is 1. The average molecular weight is 713 g/mol. The van der Waals surface area contributed by atoms with Crippen molar-refractivity contribution in [3.63, 3.8) is 0 Å². The highest BCUT2D eigenvalue weighted by atomic mass is 32.2. The molecule has 1 aromatic heterocycles. The standard InChI is InChI=1S/C31H24F8N6O3S/c1-17-3-4-20(13-48-15-29(32,33)34)24(11-17)45-25(46)14-49-28(45)42-27(47)41-23-10-5-19(12-18(23)2)26-40-16-44(43-26)22-8-6-21(7-9-22)30(35,36)31(37,38)39/h3-12,16H,13-15H2,1-2H3,(H,41,47). The molecule has 1 fully saturated rings. The SMILES string of the molecule is Cc1ccc(COCC(F)(F)F)c(N2C(=O)CSC2=NC(=O)Nc2ccc(-c3ncn(-c4ccc(C(F)(F)C(F)(F)F)cc4)n3)cc2C)c1. The quantitative estimate of drug-likeness (QED) is 0.186. The van der Waals surface area contributed by atoms with Gasteiger partial charge in [0.2, 0.25) is 5.91 Å². The van der Waals surface area contributed by atoms with Gasteiger partial charge in [-0.3, -0.25) is 9.69 Å². The number of carbonyl (C=O) groups is 2. The zero-order valence-electron chi connectivity index (χ0n) is 25.4. The normalized spacial score (nSPS) is 14.9. The van der Waals surface area contributed by atoms with Crippen LogP contribution in [0.1, 0.15) is 22.3 Å². The van der Waals surface area contributed by atoms with Gasteiger partial charge >= 0.3 is 24.3 Å². The van der Waals surface area contributed by atoms with Gasteiger partial charge in [-0.1, -0.05) is 36.0 Å². The van der Waals surface area contributed by atoms with E-state index in [9.17, 15) is 44.7 Å². The van der Waals surface area contributed by atoms with Crippen molar-refractivity contribution in [1.82, 2.24) is 14.8 Å². The van der Waals surface area contributed by atoms with E-state index in [1.54, 1.807) is 44.2 Å². The minimum absolute atomic E-state index is 0.0179. The van der Waals surface area contributed by atoms with Crippen molar-refractivity contribution in [2.24, 2.45) is 4.99 Å². The summed E-state index contributed by atoms with van der Waals surface area (Å²) >= 11 is 0.981. The summed E-state index contributed by atoms with van der Waals surface area (Å²) in [7, 11) is 0. The molecule has 5 rings (SSSR count). The summed E-state index contributed by atoms with van der Waals surface area (Å²) in [5, 5.41) is 6.90. The third-order valence-electron chi connectivity index (χ3n) is 7.04. The Labute approximate surface area is 277 Å². The molecular formula is C31H24F8N6O3S. The first-order valence-electron chi connectivity index (χ1n) is 14.1. The highest BCUT2D eigenvalue weighted by Crippen LogP contribution is 2.44. The van der Waals surface area contributed by atoms with Crippen LogP contribution in [0, 0.1) is 13.8 Å². The van der Waals surface area contributed by atoms with Crippen molar-refractivity contribution in [1.29, 1.82) is 0 Å². The number of nitrogens with zero attached hydrogens (tertiary/aromatic N) is 5. The van der Waals surface area contributed by atoms with Crippen molar-refractivity contribution in [2.75, 3.05) is 22.6 Å². The lowest BCUT2D eigenvalue weighted by molar-refractivity contribution is -0.289. The smallest absolute Gasteiger partial charge is 0.367 e. The number of rotatable bonds is 8. The van der Waals surface area contributed by atoms with E-state index >= 15 is 0 Å². The number of amides is 3. The first kappa shape index (κ1) is 35.5. The maximum absolute atomic E-state index is 13.6. The number of ether oxygens (including phenoxy) is 1. The average Bonchev–Trinajstić information content (AvgIpc) is 3.65. The zero-order valence-corrected chi connectivity index (χ0v) is 26.2. The van der Waals surface area contributed by atoms with Crippen molar-refractivity contribution in [3.05, 3.63) is 89.2 Å². The topological polar surface area (TPSA) is 102 Å². The first-order chi connectivity index (χ1) is 22.9. The number of hydrogen-bond acceptors (Lipinski definition) is 6. The van der Waals surface area contributed by atoms with E-state index in [2.05, 4.69) is 20.4 Å². The summed E-state index contributed by atoms with van der Waals surface area (Å²) in [5.41, 5.74) is 1.59.